The van der Waals surface area contributed by atoms with Crippen molar-refractivity contribution in [1.82, 2.24) is 15.3 Å². The summed E-state index contributed by atoms with van der Waals surface area (Å²) >= 11 is 0. The molecule has 0 amide bonds. The molecule has 0 radical (unpaired) electrons. The van der Waals surface area contributed by atoms with E-state index < -0.39 is 0 Å². The average Bonchev–Trinajstić information content (AvgIpc) is 3.00. The number of H-pyrrole nitrogens is 1. The van der Waals surface area contributed by atoms with Crippen LogP contribution in [0.5, 0.6) is 0 Å². The van der Waals surface area contributed by atoms with E-state index in [4.69, 9.17) is 0 Å². The molecule has 3 heteroatoms. The number of nitrogens with one attached hydrogen (secondary N) is 2. The number of aromatic nitrogens is 2. The average molecular weight is 227 g/mol. The van der Waals surface area contributed by atoms with E-state index in [1.807, 2.05) is 6.20 Å². The minimum atomic E-state index is 0.598. The summed E-state index contributed by atoms with van der Waals surface area (Å²) < 4.78 is 0. The fourth-order valence-corrected chi connectivity index (χ4v) is 2.40. The molecule has 1 unspecified atom stereocenters. The molecule has 1 aliphatic rings. The van der Waals surface area contributed by atoms with Crippen LogP contribution in [0.3, 0.4) is 0 Å². The molecule has 1 saturated heterocycles. The summed E-state index contributed by atoms with van der Waals surface area (Å²) in [5, 5.41) is 3.38. The lowest BCUT2D eigenvalue weighted by atomic mass is 10.1. The first-order chi connectivity index (χ1) is 8.33. The van der Waals surface area contributed by atoms with E-state index in [0.717, 1.165) is 18.9 Å². The first-order valence-corrected chi connectivity index (χ1v) is 6.15. The zero-order chi connectivity index (χ0) is 11.7. The van der Waals surface area contributed by atoms with Crippen molar-refractivity contribution in [3.8, 4) is 11.4 Å². The van der Waals surface area contributed by atoms with Crippen LogP contribution in [0, 0.1) is 6.92 Å². The molecule has 1 aromatic carbocycles. The van der Waals surface area contributed by atoms with E-state index in [1.165, 1.54) is 23.2 Å². The van der Waals surface area contributed by atoms with Gasteiger partial charge in [0.2, 0.25) is 0 Å². The van der Waals surface area contributed by atoms with Gasteiger partial charge in [-0.3, -0.25) is 0 Å². The second-order valence-corrected chi connectivity index (χ2v) is 4.75. The third-order valence-electron chi connectivity index (χ3n) is 3.39. The number of benzene rings is 1. The van der Waals surface area contributed by atoms with Crippen molar-refractivity contribution >= 4 is 0 Å². The molecule has 1 aliphatic heterocycles. The highest BCUT2D eigenvalue weighted by Gasteiger charge is 2.18. The Balaban J connectivity index is 1.89. The van der Waals surface area contributed by atoms with E-state index in [2.05, 4.69) is 46.5 Å². The molecular formula is C14H17N3. The molecule has 17 heavy (non-hydrogen) atoms. The van der Waals surface area contributed by atoms with Crippen LogP contribution in [0.25, 0.3) is 11.4 Å². The Morgan fingerprint density at radius 3 is 3.06 bits per heavy atom. The summed E-state index contributed by atoms with van der Waals surface area (Å²) in [6, 6.07) is 8.44. The largest absolute Gasteiger partial charge is 0.342 e. The minimum Gasteiger partial charge on any atom is -0.342 e. The van der Waals surface area contributed by atoms with Gasteiger partial charge in [-0.05, 0) is 26.0 Å². The lowest BCUT2D eigenvalue weighted by Gasteiger charge is -2.04. The Kier molecular flexibility index (Phi) is 2.69. The van der Waals surface area contributed by atoms with Crippen LogP contribution in [0.2, 0.25) is 0 Å². The molecule has 3 nitrogen and oxygen atoms in total. The van der Waals surface area contributed by atoms with Gasteiger partial charge in [0.05, 0.1) is 0 Å². The van der Waals surface area contributed by atoms with Crippen LogP contribution in [-0.2, 0) is 0 Å². The van der Waals surface area contributed by atoms with Gasteiger partial charge in [0.25, 0.3) is 0 Å². The lowest BCUT2D eigenvalue weighted by Crippen LogP contribution is -2.08. The minimum absolute atomic E-state index is 0.598. The number of aryl methyl sites for hydroxylation is 1. The van der Waals surface area contributed by atoms with Gasteiger partial charge in [0.15, 0.2) is 0 Å². The quantitative estimate of drug-likeness (QED) is 0.827. The molecule has 0 aliphatic carbocycles. The fraction of sp³-hybridized carbons (Fsp3) is 0.357. The maximum Gasteiger partial charge on any atom is 0.137 e. The van der Waals surface area contributed by atoms with Crippen molar-refractivity contribution in [2.45, 2.75) is 19.3 Å². The molecule has 88 valence electrons. The number of nitrogens with zero attached hydrogens (tertiary/aromatic N) is 1. The fourth-order valence-electron chi connectivity index (χ4n) is 2.40. The van der Waals surface area contributed by atoms with Crippen LogP contribution in [0.1, 0.15) is 23.6 Å². The van der Waals surface area contributed by atoms with E-state index in [-0.39, 0.29) is 0 Å². The molecule has 2 N–H and O–H groups in total. The van der Waals surface area contributed by atoms with Crippen LogP contribution < -0.4 is 5.32 Å². The second kappa shape index (κ2) is 4.34. The third kappa shape index (κ3) is 2.11. The first-order valence-electron chi connectivity index (χ1n) is 6.15. The van der Waals surface area contributed by atoms with Crippen molar-refractivity contribution in [1.29, 1.82) is 0 Å². The first kappa shape index (κ1) is 10.5. The summed E-state index contributed by atoms with van der Waals surface area (Å²) in [5.74, 6) is 1.58. The summed E-state index contributed by atoms with van der Waals surface area (Å²) in [6.07, 6.45) is 3.19. The normalized spacial score (nSPS) is 19.7. The lowest BCUT2D eigenvalue weighted by molar-refractivity contribution is 0.741. The SMILES string of the molecule is Cc1cccc(-c2ncc(C3CCNC3)[nH]2)c1. The molecule has 1 aromatic heterocycles. The molecule has 0 spiro atoms. The Morgan fingerprint density at radius 2 is 2.29 bits per heavy atom. The highest BCUT2D eigenvalue weighted by atomic mass is 15.0. The molecular weight excluding hydrogens is 210 g/mol. The summed E-state index contributed by atoms with van der Waals surface area (Å²) in [5.41, 5.74) is 3.69. The highest BCUT2D eigenvalue weighted by molar-refractivity contribution is 5.56. The second-order valence-electron chi connectivity index (χ2n) is 4.75. The van der Waals surface area contributed by atoms with Gasteiger partial charge in [-0.1, -0.05) is 23.8 Å². The molecule has 0 saturated carbocycles. The highest BCUT2D eigenvalue weighted by Crippen LogP contribution is 2.24. The molecule has 2 heterocycles. The van der Waals surface area contributed by atoms with Gasteiger partial charge in [-0.2, -0.15) is 0 Å². The van der Waals surface area contributed by atoms with Crippen molar-refractivity contribution in [3.05, 3.63) is 41.7 Å². The number of rotatable bonds is 2. The number of aromatic amines is 1. The monoisotopic (exact) mass is 227 g/mol. The Labute approximate surface area is 101 Å². The van der Waals surface area contributed by atoms with Crippen molar-refractivity contribution < 1.29 is 0 Å². The number of imidazole rings is 1. The Hall–Kier alpha value is -1.61. The van der Waals surface area contributed by atoms with Gasteiger partial charge in [0, 0.05) is 29.9 Å². The van der Waals surface area contributed by atoms with Gasteiger partial charge >= 0.3 is 0 Å². The van der Waals surface area contributed by atoms with Crippen molar-refractivity contribution in [2.24, 2.45) is 0 Å². The smallest absolute Gasteiger partial charge is 0.137 e. The predicted molar refractivity (Wildman–Crippen MR) is 69.0 cm³/mol. The van der Waals surface area contributed by atoms with Gasteiger partial charge in [-0.25, -0.2) is 4.98 Å². The van der Waals surface area contributed by atoms with E-state index in [0.29, 0.717) is 5.92 Å². The summed E-state index contributed by atoms with van der Waals surface area (Å²) in [4.78, 5) is 7.94. The van der Waals surface area contributed by atoms with Crippen LogP contribution in [0.15, 0.2) is 30.5 Å². The van der Waals surface area contributed by atoms with E-state index >= 15 is 0 Å². The molecule has 1 fully saturated rings. The Morgan fingerprint density at radius 1 is 1.35 bits per heavy atom. The Bertz CT molecular complexity index is 510. The molecule has 1 atom stereocenters. The zero-order valence-electron chi connectivity index (χ0n) is 10.0. The van der Waals surface area contributed by atoms with Gasteiger partial charge in [-0.15, -0.1) is 0 Å². The van der Waals surface area contributed by atoms with Gasteiger partial charge in [0.1, 0.15) is 5.82 Å². The summed E-state index contributed by atoms with van der Waals surface area (Å²) in [7, 11) is 0. The summed E-state index contributed by atoms with van der Waals surface area (Å²) in [6.45, 7) is 4.28. The van der Waals surface area contributed by atoms with Gasteiger partial charge < -0.3 is 10.3 Å². The number of hydrogen-bond donors (Lipinski definition) is 2. The predicted octanol–water partition coefficient (Wildman–Crippen LogP) is 2.46. The molecule has 0 bridgehead atoms. The number of hydrogen-bond acceptors (Lipinski definition) is 2. The van der Waals surface area contributed by atoms with E-state index in [1.54, 1.807) is 0 Å². The van der Waals surface area contributed by atoms with Crippen LogP contribution in [-0.4, -0.2) is 23.1 Å². The maximum absolute atomic E-state index is 4.49. The topological polar surface area (TPSA) is 40.7 Å². The third-order valence-corrected chi connectivity index (χ3v) is 3.39. The molecule has 3 rings (SSSR count). The zero-order valence-corrected chi connectivity index (χ0v) is 10.0. The van der Waals surface area contributed by atoms with Crippen molar-refractivity contribution in [2.75, 3.05) is 13.1 Å². The molecule has 2 aromatic rings. The van der Waals surface area contributed by atoms with Crippen LogP contribution in [0.4, 0.5) is 0 Å². The standard InChI is InChI=1S/C14H17N3/c1-10-3-2-4-11(7-10)14-16-9-13(17-14)12-5-6-15-8-12/h2-4,7,9,12,15H,5-6,8H2,1H3,(H,16,17). The van der Waals surface area contributed by atoms with Crippen molar-refractivity contribution in [3.63, 3.8) is 0 Å². The van der Waals surface area contributed by atoms with E-state index in [9.17, 15) is 0 Å². The van der Waals surface area contributed by atoms with Crippen LogP contribution >= 0.6 is 0 Å². The maximum atomic E-state index is 4.49.